The van der Waals surface area contributed by atoms with E-state index in [1.807, 2.05) is 24.3 Å². The Balaban J connectivity index is 1.39. The molecule has 9 heteroatoms. The summed E-state index contributed by atoms with van der Waals surface area (Å²) in [7, 11) is 0. The highest BCUT2D eigenvalue weighted by atomic mass is 32.2. The van der Waals surface area contributed by atoms with E-state index in [1.54, 1.807) is 28.9 Å². The number of carbonyl (C=O) groups excluding carboxylic acids is 2. The minimum atomic E-state index is -0.235. The number of para-hydroxylation sites is 1. The van der Waals surface area contributed by atoms with Gasteiger partial charge in [-0.05, 0) is 59.0 Å². The SMILES string of the molecule is CC(C)c1ccc(-n2nnnc2SCC(=O)Nc2ccccc2C(=O)NC2CC2)cc1. The summed E-state index contributed by atoms with van der Waals surface area (Å²) < 4.78 is 1.61. The summed E-state index contributed by atoms with van der Waals surface area (Å²) in [6, 6.07) is 15.3. The molecule has 2 amide bonds. The van der Waals surface area contributed by atoms with Gasteiger partial charge in [0, 0.05) is 6.04 Å². The molecule has 1 aliphatic carbocycles. The van der Waals surface area contributed by atoms with E-state index in [2.05, 4.69) is 40.0 Å². The van der Waals surface area contributed by atoms with E-state index < -0.39 is 0 Å². The third kappa shape index (κ3) is 5.29. The Kier molecular flexibility index (Phi) is 6.31. The molecule has 1 aromatic heterocycles. The monoisotopic (exact) mass is 436 g/mol. The van der Waals surface area contributed by atoms with Crippen LogP contribution in [0.1, 0.15) is 48.5 Å². The van der Waals surface area contributed by atoms with Crippen LogP contribution in [0.25, 0.3) is 5.69 Å². The lowest BCUT2D eigenvalue weighted by molar-refractivity contribution is -0.113. The second-order valence-corrected chi connectivity index (χ2v) is 8.69. The van der Waals surface area contributed by atoms with E-state index in [0.717, 1.165) is 18.5 Å². The first-order chi connectivity index (χ1) is 15.0. The second-order valence-electron chi connectivity index (χ2n) is 7.75. The van der Waals surface area contributed by atoms with Crippen molar-refractivity contribution in [1.29, 1.82) is 0 Å². The van der Waals surface area contributed by atoms with Crippen LogP contribution < -0.4 is 10.6 Å². The minimum absolute atomic E-state index is 0.114. The Morgan fingerprint density at radius 2 is 1.87 bits per heavy atom. The van der Waals surface area contributed by atoms with Gasteiger partial charge in [0.2, 0.25) is 11.1 Å². The first-order valence-corrected chi connectivity index (χ1v) is 11.2. The Bertz CT molecular complexity index is 1080. The van der Waals surface area contributed by atoms with E-state index in [-0.39, 0.29) is 23.6 Å². The predicted octanol–water partition coefficient (Wildman–Crippen LogP) is 3.41. The van der Waals surface area contributed by atoms with Crippen LogP contribution in [0.15, 0.2) is 53.7 Å². The number of rotatable bonds is 8. The number of hydrogen-bond donors (Lipinski definition) is 2. The molecule has 1 fully saturated rings. The van der Waals surface area contributed by atoms with Crippen LogP contribution in [-0.4, -0.2) is 43.8 Å². The number of hydrogen-bond acceptors (Lipinski definition) is 6. The van der Waals surface area contributed by atoms with Crippen LogP contribution in [0.3, 0.4) is 0 Å². The van der Waals surface area contributed by atoms with E-state index >= 15 is 0 Å². The molecule has 160 valence electrons. The Morgan fingerprint density at radius 1 is 1.13 bits per heavy atom. The topological polar surface area (TPSA) is 102 Å². The molecule has 0 spiro atoms. The number of amides is 2. The molecule has 1 heterocycles. The Morgan fingerprint density at radius 3 is 2.58 bits per heavy atom. The summed E-state index contributed by atoms with van der Waals surface area (Å²) in [5.74, 6) is 0.152. The highest BCUT2D eigenvalue weighted by molar-refractivity contribution is 7.99. The number of thioether (sulfide) groups is 1. The van der Waals surface area contributed by atoms with Gasteiger partial charge in [0.1, 0.15) is 0 Å². The molecule has 0 bridgehead atoms. The van der Waals surface area contributed by atoms with Crippen molar-refractivity contribution in [1.82, 2.24) is 25.5 Å². The van der Waals surface area contributed by atoms with Gasteiger partial charge in [-0.15, -0.1) is 5.10 Å². The first-order valence-electron chi connectivity index (χ1n) is 10.2. The van der Waals surface area contributed by atoms with E-state index in [1.165, 1.54) is 17.3 Å². The third-order valence-electron chi connectivity index (χ3n) is 4.94. The van der Waals surface area contributed by atoms with Crippen molar-refractivity contribution >= 4 is 29.3 Å². The summed E-state index contributed by atoms with van der Waals surface area (Å²) >= 11 is 1.24. The zero-order valence-corrected chi connectivity index (χ0v) is 18.2. The lowest BCUT2D eigenvalue weighted by atomic mass is 10.0. The fraction of sp³-hybridized carbons (Fsp3) is 0.318. The highest BCUT2D eigenvalue weighted by Crippen LogP contribution is 2.23. The zero-order chi connectivity index (χ0) is 21.8. The van der Waals surface area contributed by atoms with Gasteiger partial charge in [0.25, 0.3) is 5.91 Å². The van der Waals surface area contributed by atoms with E-state index in [0.29, 0.717) is 22.3 Å². The quantitative estimate of drug-likeness (QED) is 0.525. The van der Waals surface area contributed by atoms with Gasteiger partial charge in [-0.2, -0.15) is 4.68 Å². The van der Waals surface area contributed by atoms with Crippen molar-refractivity contribution < 1.29 is 9.59 Å². The van der Waals surface area contributed by atoms with Crippen LogP contribution in [0, 0.1) is 0 Å². The lowest BCUT2D eigenvalue weighted by Crippen LogP contribution is -2.27. The van der Waals surface area contributed by atoms with Crippen molar-refractivity contribution in [3.63, 3.8) is 0 Å². The molecule has 3 aromatic rings. The van der Waals surface area contributed by atoms with Crippen LogP contribution in [-0.2, 0) is 4.79 Å². The zero-order valence-electron chi connectivity index (χ0n) is 17.4. The Labute approximate surface area is 184 Å². The average molecular weight is 437 g/mol. The third-order valence-corrected chi connectivity index (χ3v) is 5.86. The number of aromatic nitrogens is 4. The number of nitrogens with one attached hydrogen (secondary N) is 2. The fourth-order valence-electron chi connectivity index (χ4n) is 3.03. The molecule has 1 saturated carbocycles. The maximum absolute atomic E-state index is 12.5. The van der Waals surface area contributed by atoms with Crippen LogP contribution in [0.2, 0.25) is 0 Å². The van der Waals surface area contributed by atoms with Gasteiger partial charge >= 0.3 is 0 Å². The molecule has 31 heavy (non-hydrogen) atoms. The molecule has 0 atom stereocenters. The molecule has 0 radical (unpaired) electrons. The molecule has 0 aliphatic heterocycles. The number of nitrogens with zero attached hydrogens (tertiary/aromatic N) is 4. The molecule has 0 saturated heterocycles. The van der Waals surface area contributed by atoms with Crippen LogP contribution in [0.4, 0.5) is 5.69 Å². The summed E-state index contributed by atoms with van der Waals surface area (Å²) in [5, 5.41) is 18.1. The van der Waals surface area contributed by atoms with E-state index in [4.69, 9.17) is 0 Å². The van der Waals surface area contributed by atoms with Crippen molar-refractivity contribution in [2.45, 2.75) is 43.8 Å². The predicted molar refractivity (Wildman–Crippen MR) is 120 cm³/mol. The van der Waals surface area contributed by atoms with Crippen molar-refractivity contribution in [2.24, 2.45) is 0 Å². The molecule has 2 N–H and O–H groups in total. The van der Waals surface area contributed by atoms with Crippen molar-refractivity contribution in [3.05, 3.63) is 59.7 Å². The molecule has 1 aliphatic rings. The van der Waals surface area contributed by atoms with E-state index in [9.17, 15) is 9.59 Å². The summed E-state index contributed by atoms with van der Waals surface area (Å²) in [6.45, 7) is 4.28. The molecule has 2 aromatic carbocycles. The Hall–Kier alpha value is -3.20. The number of anilines is 1. The van der Waals surface area contributed by atoms with Crippen LogP contribution in [0.5, 0.6) is 0 Å². The molecule has 8 nitrogen and oxygen atoms in total. The van der Waals surface area contributed by atoms with Crippen LogP contribution >= 0.6 is 11.8 Å². The highest BCUT2D eigenvalue weighted by Gasteiger charge is 2.25. The van der Waals surface area contributed by atoms with Gasteiger partial charge < -0.3 is 10.6 Å². The first kappa shape index (κ1) is 21.0. The van der Waals surface area contributed by atoms with Gasteiger partial charge in [-0.25, -0.2) is 0 Å². The second kappa shape index (κ2) is 9.30. The van der Waals surface area contributed by atoms with Gasteiger partial charge in [0.15, 0.2) is 0 Å². The lowest BCUT2D eigenvalue weighted by Gasteiger charge is -2.11. The summed E-state index contributed by atoms with van der Waals surface area (Å²) in [4.78, 5) is 25.0. The average Bonchev–Trinajstić information content (AvgIpc) is 3.45. The number of carbonyl (C=O) groups is 2. The maximum Gasteiger partial charge on any atom is 0.253 e. The minimum Gasteiger partial charge on any atom is -0.349 e. The van der Waals surface area contributed by atoms with Crippen molar-refractivity contribution in [2.75, 3.05) is 11.1 Å². The number of tetrazole rings is 1. The standard InChI is InChI=1S/C22H24N6O2S/c1-14(2)15-7-11-17(12-8-15)28-22(25-26-27-28)31-13-20(29)24-19-6-4-3-5-18(19)21(30)23-16-9-10-16/h3-8,11-12,14,16H,9-10,13H2,1-2H3,(H,23,30)(H,24,29). The molecular weight excluding hydrogens is 412 g/mol. The summed E-state index contributed by atoms with van der Waals surface area (Å²) in [5.41, 5.74) is 3.02. The largest absolute Gasteiger partial charge is 0.349 e. The van der Waals surface area contributed by atoms with Crippen molar-refractivity contribution in [3.8, 4) is 5.69 Å². The van der Waals surface area contributed by atoms with Gasteiger partial charge in [-0.1, -0.05) is 49.9 Å². The molecular formula is C22H24N6O2S. The maximum atomic E-state index is 12.5. The molecule has 4 rings (SSSR count). The van der Waals surface area contributed by atoms with Gasteiger partial charge in [0.05, 0.1) is 22.7 Å². The normalized spacial score (nSPS) is 13.3. The van der Waals surface area contributed by atoms with Gasteiger partial charge in [-0.3, -0.25) is 9.59 Å². The smallest absolute Gasteiger partial charge is 0.253 e. The fourth-order valence-corrected chi connectivity index (χ4v) is 3.72. The molecule has 0 unspecified atom stereocenters. The number of benzene rings is 2. The summed E-state index contributed by atoms with van der Waals surface area (Å²) in [6.07, 6.45) is 2.01.